The van der Waals surface area contributed by atoms with E-state index in [4.69, 9.17) is 23.0 Å². The maximum absolute atomic E-state index is 11.8. The molecule has 8 heteroatoms. The first-order valence-corrected chi connectivity index (χ1v) is 8.27. The number of methoxy groups -OCH3 is 1. The number of rotatable bonds is 6. The van der Waals surface area contributed by atoms with Crippen LogP contribution >= 0.6 is 0 Å². The molecule has 1 aromatic carbocycles. The van der Waals surface area contributed by atoms with Crippen LogP contribution in [0.5, 0.6) is 11.5 Å². The second-order valence-electron chi connectivity index (χ2n) is 6.70. The summed E-state index contributed by atoms with van der Waals surface area (Å²) in [6.07, 6.45) is 0.297. The van der Waals surface area contributed by atoms with E-state index >= 15 is 0 Å². The number of carbonyl (C=O) groups excluding carboxylic acids is 1. The minimum Gasteiger partial charge on any atom is -0.495 e. The Morgan fingerprint density at radius 1 is 1.19 bits per heavy atom. The van der Waals surface area contributed by atoms with E-state index in [1.165, 1.54) is 26.4 Å². The Kier molecular flexibility index (Phi) is 4.84. The monoisotopic (exact) mass is 376 g/mol. The molecule has 27 heavy (non-hydrogen) atoms. The van der Waals surface area contributed by atoms with Crippen molar-refractivity contribution in [3.8, 4) is 11.5 Å². The van der Waals surface area contributed by atoms with Gasteiger partial charge in [0.15, 0.2) is 11.2 Å². The third-order valence-corrected chi connectivity index (χ3v) is 3.82. The molecule has 0 saturated heterocycles. The summed E-state index contributed by atoms with van der Waals surface area (Å²) in [6, 6.07) is 4.50. The number of benzene rings is 1. The van der Waals surface area contributed by atoms with Crippen molar-refractivity contribution >= 4 is 27.9 Å². The summed E-state index contributed by atoms with van der Waals surface area (Å²) in [6.45, 7) is 4.35. The van der Waals surface area contributed by atoms with Gasteiger partial charge >= 0.3 is 11.6 Å². The number of aliphatic hydroxyl groups is 1. The Hall–Kier alpha value is -3.00. The van der Waals surface area contributed by atoms with Gasteiger partial charge < -0.3 is 28.2 Å². The summed E-state index contributed by atoms with van der Waals surface area (Å²) in [5.41, 5.74) is -1.41. The molecule has 8 nitrogen and oxygen atoms in total. The number of hydrogen-bond acceptors (Lipinski definition) is 8. The predicted molar refractivity (Wildman–Crippen MR) is 95.9 cm³/mol. The fourth-order valence-electron chi connectivity index (χ4n) is 2.83. The first-order chi connectivity index (χ1) is 12.7. The fourth-order valence-corrected chi connectivity index (χ4v) is 2.83. The summed E-state index contributed by atoms with van der Waals surface area (Å²) in [7, 11) is 1.49. The molecule has 3 aromatic rings. The highest BCUT2D eigenvalue weighted by molar-refractivity contribution is 6.06. The lowest BCUT2D eigenvalue weighted by molar-refractivity contribution is -0.167. The topological polar surface area (TPSA) is 108 Å². The largest absolute Gasteiger partial charge is 0.495 e. The van der Waals surface area contributed by atoms with Gasteiger partial charge in [-0.3, -0.25) is 4.79 Å². The van der Waals surface area contributed by atoms with Crippen LogP contribution in [0.3, 0.4) is 0 Å². The number of ether oxygens (including phenoxy) is 3. The minimum absolute atomic E-state index is 0.0145. The van der Waals surface area contributed by atoms with Crippen LogP contribution in [0.4, 0.5) is 0 Å². The zero-order valence-corrected chi connectivity index (χ0v) is 15.4. The van der Waals surface area contributed by atoms with Crippen LogP contribution in [0.2, 0.25) is 0 Å². The molecule has 0 amide bonds. The molecule has 2 aromatic heterocycles. The van der Waals surface area contributed by atoms with Crippen molar-refractivity contribution < 1.29 is 32.9 Å². The van der Waals surface area contributed by atoms with Gasteiger partial charge in [-0.15, -0.1) is 0 Å². The molecule has 0 aliphatic heterocycles. The Balaban J connectivity index is 2.21. The highest BCUT2D eigenvalue weighted by atomic mass is 16.7. The molecule has 1 atom stereocenters. The average Bonchev–Trinajstić information content (AvgIpc) is 3.02. The van der Waals surface area contributed by atoms with Crippen LogP contribution in [-0.4, -0.2) is 30.1 Å². The molecule has 1 N–H and O–H groups in total. The summed E-state index contributed by atoms with van der Waals surface area (Å²) < 4.78 is 27.3. The van der Waals surface area contributed by atoms with Crippen molar-refractivity contribution in [3.05, 3.63) is 34.9 Å². The van der Waals surface area contributed by atoms with E-state index in [2.05, 4.69) is 0 Å². The Bertz CT molecular complexity index is 1040. The van der Waals surface area contributed by atoms with Gasteiger partial charge in [-0.2, -0.15) is 0 Å². The second kappa shape index (κ2) is 6.96. The van der Waals surface area contributed by atoms with Gasteiger partial charge in [-0.05, 0) is 26.0 Å². The first kappa shape index (κ1) is 18.8. The van der Waals surface area contributed by atoms with E-state index in [1.807, 2.05) is 0 Å². The zero-order valence-electron chi connectivity index (χ0n) is 15.4. The van der Waals surface area contributed by atoms with Crippen molar-refractivity contribution in [2.75, 3.05) is 7.11 Å². The molecular weight excluding hydrogens is 356 g/mol. The lowest BCUT2D eigenvalue weighted by atomic mass is 10.1. The molecule has 0 unspecified atom stereocenters. The van der Waals surface area contributed by atoms with Gasteiger partial charge in [0.05, 0.1) is 36.2 Å². The highest BCUT2D eigenvalue weighted by Gasteiger charge is 2.28. The van der Waals surface area contributed by atoms with Gasteiger partial charge in [-0.1, -0.05) is 0 Å². The summed E-state index contributed by atoms with van der Waals surface area (Å²) in [5, 5.41) is 11.2. The van der Waals surface area contributed by atoms with Gasteiger partial charge in [0, 0.05) is 13.0 Å². The average molecular weight is 376 g/mol. The number of furan rings is 1. The molecule has 3 rings (SSSR count). The maximum Gasteiger partial charge on any atom is 0.336 e. The Labute approximate surface area is 154 Å². The van der Waals surface area contributed by atoms with E-state index in [9.17, 15) is 14.7 Å². The van der Waals surface area contributed by atoms with Gasteiger partial charge in [0.25, 0.3) is 0 Å². The van der Waals surface area contributed by atoms with Crippen molar-refractivity contribution in [1.82, 2.24) is 0 Å². The van der Waals surface area contributed by atoms with Gasteiger partial charge in [0.2, 0.25) is 12.0 Å². The van der Waals surface area contributed by atoms with E-state index in [-0.39, 0.29) is 23.3 Å². The molecular formula is C19H20O8. The fraction of sp³-hybridized carbons (Fsp3) is 0.368. The number of fused-ring (bicyclic) bond motifs is 2. The predicted octanol–water partition coefficient (Wildman–Crippen LogP) is 2.98. The first-order valence-electron chi connectivity index (χ1n) is 8.27. The second-order valence-corrected chi connectivity index (χ2v) is 6.70. The molecule has 0 bridgehead atoms. The zero-order chi connectivity index (χ0) is 19.8. The van der Waals surface area contributed by atoms with E-state index in [0.717, 1.165) is 0 Å². The van der Waals surface area contributed by atoms with Crippen LogP contribution in [0.1, 0.15) is 27.2 Å². The molecule has 0 aliphatic carbocycles. The van der Waals surface area contributed by atoms with Crippen molar-refractivity contribution in [2.24, 2.45) is 0 Å². The molecule has 144 valence electrons. The summed E-state index contributed by atoms with van der Waals surface area (Å²) >= 11 is 0. The third kappa shape index (κ3) is 3.90. The lowest BCUT2D eigenvalue weighted by Gasteiger charge is -2.25. The molecule has 0 radical (unpaired) electrons. The number of hydrogen-bond donors (Lipinski definition) is 1. The van der Waals surface area contributed by atoms with E-state index < -0.39 is 23.5 Å². The minimum atomic E-state index is -1.18. The molecule has 0 aliphatic rings. The number of esters is 1. The standard InChI is InChI=1S/C19H20O8/c1-10(20)25-14(9-19(2,3)22)27-18-16-12(7-8-24-16)15(23-4)11-5-6-13(21)26-17(11)18/h5-8,14,22H,9H2,1-4H3/t14-/m1/s1. The summed E-state index contributed by atoms with van der Waals surface area (Å²) in [5.74, 6) is -0.0467. The van der Waals surface area contributed by atoms with Crippen LogP contribution in [0.15, 0.2) is 38.1 Å². The van der Waals surface area contributed by atoms with Crippen LogP contribution in [0, 0.1) is 0 Å². The molecule has 0 spiro atoms. The quantitative estimate of drug-likeness (QED) is 0.397. The van der Waals surface area contributed by atoms with Crippen molar-refractivity contribution in [3.63, 3.8) is 0 Å². The normalized spacial score (nSPS) is 12.9. The van der Waals surface area contributed by atoms with Crippen LogP contribution in [-0.2, 0) is 9.53 Å². The Morgan fingerprint density at radius 3 is 2.52 bits per heavy atom. The molecule has 2 heterocycles. The SMILES string of the molecule is COc1c2ccoc2c(O[C@H](CC(C)(C)O)OC(C)=O)c2oc(=O)ccc12. The smallest absolute Gasteiger partial charge is 0.336 e. The van der Waals surface area contributed by atoms with Gasteiger partial charge in [-0.25, -0.2) is 4.79 Å². The van der Waals surface area contributed by atoms with Gasteiger partial charge in [0.1, 0.15) is 5.75 Å². The molecule has 0 saturated carbocycles. The van der Waals surface area contributed by atoms with E-state index in [0.29, 0.717) is 16.5 Å². The number of carbonyl (C=O) groups is 1. The highest BCUT2D eigenvalue weighted by Crippen LogP contribution is 2.43. The van der Waals surface area contributed by atoms with Crippen molar-refractivity contribution in [1.29, 1.82) is 0 Å². The molecule has 0 fully saturated rings. The third-order valence-electron chi connectivity index (χ3n) is 3.82. The van der Waals surface area contributed by atoms with E-state index in [1.54, 1.807) is 26.0 Å². The van der Waals surface area contributed by atoms with Crippen molar-refractivity contribution in [2.45, 2.75) is 39.1 Å². The maximum atomic E-state index is 11.8. The lowest BCUT2D eigenvalue weighted by Crippen LogP contribution is -2.33. The Morgan fingerprint density at radius 2 is 1.89 bits per heavy atom. The summed E-state index contributed by atoms with van der Waals surface area (Å²) in [4.78, 5) is 23.2. The van der Waals surface area contributed by atoms with Crippen LogP contribution < -0.4 is 15.1 Å². The van der Waals surface area contributed by atoms with Crippen LogP contribution in [0.25, 0.3) is 21.9 Å².